The van der Waals surface area contributed by atoms with Crippen molar-refractivity contribution >= 4 is 23.2 Å². The molecule has 0 saturated heterocycles. The van der Waals surface area contributed by atoms with E-state index < -0.39 is 10.8 Å². The molecule has 0 aliphatic carbocycles. The second-order valence-corrected chi connectivity index (χ2v) is 3.77. The maximum Gasteiger partial charge on any atom is 0.270 e. The van der Waals surface area contributed by atoms with Crippen molar-refractivity contribution in [3.05, 3.63) is 33.9 Å². The molecule has 20 heavy (non-hydrogen) atoms. The second-order valence-electron chi connectivity index (χ2n) is 3.77. The third-order valence-electron chi connectivity index (χ3n) is 2.40. The fourth-order valence-electron chi connectivity index (χ4n) is 1.47. The summed E-state index contributed by atoms with van der Waals surface area (Å²) in [6.45, 7) is 1.97. The number of carbonyl (C=O) groups is 2. The lowest BCUT2D eigenvalue weighted by atomic mass is 10.1. The van der Waals surface area contributed by atoms with Crippen LogP contribution in [-0.4, -0.2) is 29.8 Å². The molecule has 0 aromatic heterocycles. The highest BCUT2D eigenvalue weighted by atomic mass is 16.6. The van der Waals surface area contributed by atoms with Gasteiger partial charge in [0.05, 0.1) is 22.7 Å². The van der Waals surface area contributed by atoms with Gasteiger partial charge in [-0.15, -0.1) is 0 Å². The molecule has 9 nitrogen and oxygen atoms in total. The number of hydrazine groups is 1. The van der Waals surface area contributed by atoms with Crippen LogP contribution in [-0.2, 0) is 4.79 Å². The molecule has 1 rings (SSSR count). The minimum Gasteiger partial charge on any atom is -0.355 e. The zero-order chi connectivity index (χ0) is 15.1. The normalized spacial score (nSPS) is 9.70. The number of nitrogen functional groups attached to an aromatic ring is 1. The fraction of sp³-hybridized carbons (Fsp3) is 0.273. The Morgan fingerprint density at radius 3 is 2.60 bits per heavy atom. The smallest absolute Gasteiger partial charge is 0.270 e. The van der Waals surface area contributed by atoms with E-state index in [9.17, 15) is 19.7 Å². The van der Waals surface area contributed by atoms with Crippen molar-refractivity contribution in [2.45, 2.75) is 6.92 Å². The van der Waals surface area contributed by atoms with Crippen LogP contribution in [0.1, 0.15) is 17.3 Å². The largest absolute Gasteiger partial charge is 0.355 e. The summed E-state index contributed by atoms with van der Waals surface area (Å²) < 4.78 is 0. The maximum atomic E-state index is 11.9. The number of rotatable bonds is 6. The van der Waals surface area contributed by atoms with Gasteiger partial charge < -0.3 is 16.1 Å². The van der Waals surface area contributed by atoms with E-state index in [1.165, 1.54) is 12.1 Å². The van der Waals surface area contributed by atoms with Crippen LogP contribution in [0.25, 0.3) is 0 Å². The van der Waals surface area contributed by atoms with Crippen LogP contribution >= 0.6 is 0 Å². The van der Waals surface area contributed by atoms with Gasteiger partial charge in [0.25, 0.3) is 11.6 Å². The molecule has 5 N–H and O–H groups in total. The van der Waals surface area contributed by atoms with Crippen molar-refractivity contribution in [1.29, 1.82) is 0 Å². The number of nitrogens with two attached hydrogens (primary N) is 1. The number of anilines is 1. The topological polar surface area (TPSA) is 139 Å². The number of hydrogen-bond donors (Lipinski definition) is 4. The minimum absolute atomic E-state index is 0.00833. The van der Waals surface area contributed by atoms with Gasteiger partial charge >= 0.3 is 0 Å². The average Bonchev–Trinajstić information content (AvgIpc) is 2.44. The number of nitrogens with one attached hydrogen (secondary N) is 3. The minimum atomic E-state index is -0.632. The van der Waals surface area contributed by atoms with Crippen LogP contribution < -0.4 is 21.9 Å². The molecule has 108 valence electrons. The standard InChI is InChI=1S/C11H15N5O4/c1-2-13-10(17)6-14-11(18)8-5-7(16(19)20)3-4-9(8)15-12/h3-5,15H,2,6,12H2,1H3,(H,13,17)(H,14,18). The predicted octanol–water partition coefficient (Wildman–Crippen LogP) is -0.254. The molecule has 0 heterocycles. The van der Waals surface area contributed by atoms with Gasteiger partial charge in [0.2, 0.25) is 5.91 Å². The van der Waals surface area contributed by atoms with Gasteiger partial charge in [-0.05, 0) is 13.0 Å². The summed E-state index contributed by atoms with van der Waals surface area (Å²) in [5.74, 6) is 4.25. The van der Waals surface area contributed by atoms with Gasteiger partial charge in [-0.3, -0.25) is 25.5 Å². The zero-order valence-electron chi connectivity index (χ0n) is 10.8. The Kier molecular flexibility index (Phi) is 5.42. The molecule has 0 aliphatic rings. The van der Waals surface area contributed by atoms with Crippen LogP contribution in [0.4, 0.5) is 11.4 Å². The van der Waals surface area contributed by atoms with E-state index in [0.717, 1.165) is 6.07 Å². The molecule has 0 saturated carbocycles. The lowest BCUT2D eigenvalue weighted by molar-refractivity contribution is -0.384. The van der Waals surface area contributed by atoms with Crippen molar-refractivity contribution in [2.75, 3.05) is 18.5 Å². The third-order valence-corrected chi connectivity index (χ3v) is 2.40. The first-order chi connectivity index (χ1) is 9.49. The first-order valence-electron chi connectivity index (χ1n) is 5.79. The van der Waals surface area contributed by atoms with E-state index in [1.807, 2.05) is 0 Å². The Balaban J connectivity index is 2.87. The maximum absolute atomic E-state index is 11.9. The molecular formula is C11H15N5O4. The van der Waals surface area contributed by atoms with Crippen molar-refractivity contribution in [3.63, 3.8) is 0 Å². The van der Waals surface area contributed by atoms with E-state index in [-0.39, 0.29) is 29.4 Å². The molecule has 0 aliphatic heterocycles. The molecule has 0 bridgehead atoms. The Bertz CT molecular complexity index is 532. The summed E-state index contributed by atoms with van der Waals surface area (Å²) in [5.41, 5.74) is 2.25. The second kappa shape index (κ2) is 7.04. The molecule has 0 fully saturated rings. The number of amides is 2. The van der Waals surface area contributed by atoms with Crippen molar-refractivity contribution in [2.24, 2.45) is 5.84 Å². The molecule has 0 unspecified atom stereocenters. The summed E-state index contributed by atoms with van der Waals surface area (Å²) in [7, 11) is 0. The highest BCUT2D eigenvalue weighted by molar-refractivity contribution is 6.01. The first kappa shape index (κ1) is 15.4. The van der Waals surface area contributed by atoms with Crippen molar-refractivity contribution < 1.29 is 14.5 Å². The highest BCUT2D eigenvalue weighted by Crippen LogP contribution is 2.21. The van der Waals surface area contributed by atoms with Crippen LogP contribution in [0.15, 0.2) is 18.2 Å². The third kappa shape index (κ3) is 3.92. The van der Waals surface area contributed by atoms with Gasteiger partial charge in [0.1, 0.15) is 0 Å². The van der Waals surface area contributed by atoms with E-state index in [2.05, 4.69) is 16.1 Å². The Hall–Kier alpha value is -2.68. The predicted molar refractivity (Wildman–Crippen MR) is 71.9 cm³/mol. The van der Waals surface area contributed by atoms with Gasteiger partial charge in [0, 0.05) is 18.7 Å². The number of non-ortho nitro benzene ring substituents is 1. The monoisotopic (exact) mass is 281 g/mol. The summed E-state index contributed by atoms with van der Waals surface area (Å²) in [5, 5.41) is 15.5. The number of nitrogens with zero attached hydrogens (tertiary/aromatic N) is 1. The van der Waals surface area contributed by atoms with Gasteiger partial charge in [0.15, 0.2) is 0 Å². The summed E-state index contributed by atoms with van der Waals surface area (Å²) in [6.07, 6.45) is 0. The average molecular weight is 281 g/mol. The number of nitro groups is 1. The number of benzene rings is 1. The highest BCUT2D eigenvalue weighted by Gasteiger charge is 2.16. The van der Waals surface area contributed by atoms with Crippen LogP contribution in [0, 0.1) is 10.1 Å². The summed E-state index contributed by atoms with van der Waals surface area (Å²) in [6, 6.07) is 3.62. The first-order valence-corrected chi connectivity index (χ1v) is 5.79. The Morgan fingerprint density at radius 1 is 1.35 bits per heavy atom. The Morgan fingerprint density at radius 2 is 2.05 bits per heavy atom. The molecule has 1 aromatic rings. The number of likely N-dealkylation sites (N-methyl/N-ethyl adjacent to an activating group) is 1. The Labute approximate surface area is 114 Å². The SMILES string of the molecule is CCNC(=O)CNC(=O)c1cc([N+](=O)[O-])ccc1NN. The fourth-order valence-corrected chi connectivity index (χ4v) is 1.47. The molecule has 0 spiro atoms. The van der Waals surface area contributed by atoms with Gasteiger partial charge in [-0.1, -0.05) is 0 Å². The lowest BCUT2D eigenvalue weighted by Gasteiger charge is -2.09. The molecule has 1 aromatic carbocycles. The quantitative estimate of drug-likeness (QED) is 0.322. The van der Waals surface area contributed by atoms with Gasteiger partial charge in [-0.2, -0.15) is 0 Å². The van der Waals surface area contributed by atoms with E-state index in [4.69, 9.17) is 5.84 Å². The molecular weight excluding hydrogens is 266 g/mol. The number of nitro benzene ring substituents is 1. The van der Waals surface area contributed by atoms with E-state index in [1.54, 1.807) is 6.92 Å². The molecule has 0 radical (unpaired) electrons. The summed E-state index contributed by atoms with van der Waals surface area (Å²) in [4.78, 5) is 33.2. The lowest BCUT2D eigenvalue weighted by Crippen LogP contribution is -2.37. The van der Waals surface area contributed by atoms with Gasteiger partial charge in [-0.25, -0.2) is 0 Å². The molecule has 2 amide bonds. The summed E-state index contributed by atoms with van der Waals surface area (Å²) >= 11 is 0. The number of carbonyl (C=O) groups excluding carboxylic acids is 2. The van der Waals surface area contributed by atoms with Crippen LogP contribution in [0.3, 0.4) is 0 Å². The molecule has 0 atom stereocenters. The van der Waals surface area contributed by atoms with Crippen molar-refractivity contribution in [1.82, 2.24) is 10.6 Å². The van der Waals surface area contributed by atoms with E-state index >= 15 is 0 Å². The molecule has 9 heteroatoms. The zero-order valence-corrected chi connectivity index (χ0v) is 10.8. The van der Waals surface area contributed by atoms with Crippen LogP contribution in [0.2, 0.25) is 0 Å². The van der Waals surface area contributed by atoms with Crippen molar-refractivity contribution in [3.8, 4) is 0 Å². The van der Waals surface area contributed by atoms with E-state index in [0.29, 0.717) is 6.54 Å². The number of hydrogen-bond acceptors (Lipinski definition) is 6. The van der Waals surface area contributed by atoms with Crippen LogP contribution in [0.5, 0.6) is 0 Å².